The van der Waals surface area contributed by atoms with Crippen LogP contribution in [-0.2, 0) is 0 Å². The lowest BCUT2D eigenvalue weighted by Crippen LogP contribution is -1.92. The highest BCUT2D eigenvalue weighted by atomic mass is 16.3. The van der Waals surface area contributed by atoms with Crippen molar-refractivity contribution in [2.24, 2.45) is 0 Å². The van der Waals surface area contributed by atoms with Gasteiger partial charge in [0.1, 0.15) is 11.2 Å². The Morgan fingerprint density at radius 2 is 0.939 bits per heavy atom. The lowest BCUT2D eigenvalue weighted by atomic mass is 9.83. The van der Waals surface area contributed by atoms with Crippen molar-refractivity contribution in [3.05, 3.63) is 182 Å². The van der Waals surface area contributed by atoms with Crippen LogP contribution >= 0.6 is 0 Å². The SMILES string of the molecule is [2H]c1c([2H])c([2H])c(-c2ccc(-c3c([2H])c([2H])c([2H])c([2H])c3-c3c4ccccc4c(-c4ccc5oc6c7ccccc7ccc6c5c4)c4ccccc34)cc2)c([2H])c1[2H]. The van der Waals surface area contributed by atoms with Crippen molar-refractivity contribution in [1.82, 2.24) is 0 Å². The number of hydrogen-bond donors (Lipinski definition) is 0. The summed E-state index contributed by atoms with van der Waals surface area (Å²) in [4.78, 5) is 0. The molecule has 0 aliphatic carbocycles. The molecule has 0 radical (unpaired) electrons. The highest BCUT2D eigenvalue weighted by molar-refractivity contribution is 6.23. The zero-order chi connectivity index (χ0) is 40.1. The highest BCUT2D eigenvalue weighted by Gasteiger charge is 2.20. The van der Waals surface area contributed by atoms with Gasteiger partial charge in [-0.15, -0.1) is 0 Å². The molecule has 49 heavy (non-hydrogen) atoms. The van der Waals surface area contributed by atoms with Crippen molar-refractivity contribution in [2.45, 2.75) is 0 Å². The fourth-order valence-electron chi connectivity index (χ4n) is 7.28. The molecule has 0 amide bonds. The van der Waals surface area contributed by atoms with E-state index >= 15 is 0 Å². The second kappa shape index (κ2) is 11.1. The molecule has 0 unspecified atom stereocenters. The van der Waals surface area contributed by atoms with Gasteiger partial charge in [-0.05, 0) is 89.6 Å². The summed E-state index contributed by atoms with van der Waals surface area (Å²) in [5, 5.41) is 7.58. The summed E-state index contributed by atoms with van der Waals surface area (Å²) in [5.74, 6) is 0. The van der Waals surface area contributed by atoms with Crippen molar-refractivity contribution < 1.29 is 16.8 Å². The van der Waals surface area contributed by atoms with Crippen LogP contribution in [0.3, 0.4) is 0 Å². The van der Waals surface area contributed by atoms with E-state index in [1.54, 1.807) is 24.3 Å². The predicted octanol–water partition coefficient (Wildman–Crippen LogP) is 13.7. The van der Waals surface area contributed by atoms with Gasteiger partial charge in [-0.2, -0.15) is 0 Å². The molecule has 1 nitrogen and oxygen atoms in total. The van der Waals surface area contributed by atoms with Crippen LogP contribution in [0.25, 0.3) is 98.8 Å². The van der Waals surface area contributed by atoms with E-state index in [9.17, 15) is 2.74 Å². The van der Waals surface area contributed by atoms with Gasteiger partial charge in [0.25, 0.3) is 0 Å². The van der Waals surface area contributed by atoms with Crippen LogP contribution < -0.4 is 0 Å². The Morgan fingerprint density at radius 3 is 1.65 bits per heavy atom. The normalized spacial score (nSPS) is 14.2. The van der Waals surface area contributed by atoms with Gasteiger partial charge in [0, 0.05) is 16.2 Å². The molecule has 10 rings (SSSR count). The van der Waals surface area contributed by atoms with E-state index in [-0.39, 0.29) is 41.8 Å². The molecule has 1 heteroatoms. The minimum Gasteiger partial charge on any atom is -0.455 e. The minimum atomic E-state index is -0.477. The van der Waals surface area contributed by atoms with E-state index in [4.69, 9.17) is 14.0 Å². The van der Waals surface area contributed by atoms with Crippen LogP contribution in [0.15, 0.2) is 186 Å². The van der Waals surface area contributed by atoms with Gasteiger partial charge in [0.15, 0.2) is 0 Å². The van der Waals surface area contributed by atoms with E-state index in [2.05, 4.69) is 36.4 Å². The number of fused-ring (bicyclic) bond motifs is 7. The molecular formula is C48H30O. The lowest BCUT2D eigenvalue weighted by Gasteiger charge is -2.20. The molecular weight excluding hydrogens is 593 g/mol. The number of hydrogen-bond acceptors (Lipinski definition) is 1. The summed E-state index contributed by atoms with van der Waals surface area (Å²) in [6.07, 6.45) is 0. The van der Waals surface area contributed by atoms with Gasteiger partial charge in [-0.25, -0.2) is 0 Å². The molecule has 0 N–H and O–H groups in total. The predicted molar refractivity (Wildman–Crippen MR) is 208 cm³/mol. The highest BCUT2D eigenvalue weighted by Crippen LogP contribution is 2.47. The minimum absolute atomic E-state index is 0.0512. The van der Waals surface area contributed by atoms with Gasteiger partial charge >= 0.3 is 0 Å². The Balaban J connectivity index is 1.23. The summed E-state index contributed by atoms with van der Waals surface area (Å²) in [5.41, 5.74) is 5.79. The first kappa shape index (κ1) is 20.0. The molecule has 0 spiro atoms. The van der Waals surface area contributed by atoms with Crippen molar-refractivity contribution in [2.75, 3.05) is 0 Å². The fourth-order valence-corrected chi connectivity index (χ4v) is 7.28. The standard InChI is InChI=1S/C48H30O/c1-2-12-31(13-3-1)32-22-24-34(25-23-32)36-15-6-7-17-38(36)47-41-20-10-8-18-39(41)46(40-19-9-11-21-42(40)47)35-27-29-45-44(30-35)43-28-26-33-14-4-5-16-37(33)48(43)49-45/h1-30H/i1D,2D,3D,6D,7D,12D,13D,15D,17D. The first-order valence-corrected chi connectivity index (χ1v) is 16.1. The Hall–Kier alpha value is -6.44. The summed E-state index contributed by atoms with van der Waals surface area (Å²) < 4.78 is 84.1. The zero-order valence-electron chi connectivity index (χ0n) is 35.0. The van der Waals surface area contributed by atoms with Gasteiger partial charge in [0.05, 0.1) is 12.3 Å². The molecule has 1 heterocycles. The molecule has 9 aromatic carbocycles. The summed E-state index contributed by atoms with van der Waals surface area (Å²) in [7, 11) is 0. The lowest BCUT2D eigenvalue weighted by molar-refractivity contribution is 0.672. The van der Waals surface area contributed by atoms with E-state index in [0.717, 1.165) is 65.4 Å². The fraction of sp³-hybridized carbons (Fsp3) is 0. The van der Waals surface area contributed by atoms with Crippen LogP contribution in [0.4, 0.5) is 0 Å². The Morgan fingerprint density at radius 1 is 0.367 bits per heavy atom. The van der Waals surface area contributed by atoms with E-state index < -0.39 is 18.1 Å². The van der Waals surface area contributed by atoms with Gasteiger partial charge < -0.3 is 4.42 Å². The van der Waals surface area contributed by atoms with Crippen LogP contribution in [0, 0.1) is 0 Å². The number of furan rings is 1. The Labute approximate surface area is 297 Å². The maximum Gasteiger partial charge on any atom is 0.143 e. The van der Waals surface area contributed by atoms with Crippen LogP contribution in [0.2, 0.25) is 0 Å². The van der Waals surface area contributed by atoms with Crippen LogP contribution in [0.1, 0.15) is 12.3 Å². The third kappa shape index (κ3) is 4.40. The van der Waals surface area contributed by atoms with E-state index in [1.165, 1.54) is 0 Å². The zero-order valence-corrected chi connectivity index (χ0v) is 26.0. The monoisotopic (exact) mass is 631 g/mol. The topological polar surface area (TPSA) is 13.1 Å². The van der Waals surface area contributed by atoms with Crippen LogP contribution in [-0.4, -0.2) is 0 Å². The molecule has 0 saturated carbocycles. The Bertz CT molecular complexity index is 3300. The molecule has 10 aromatic rings. The Kier molecular flexibility index (Phi) is 4.53. The maximum atomic E-state index is 9.43. The van der Waals surface area contributed by atoms with Crippen molar-refractivity contribution in [3.63, 3.8) is 0 Å². The maximum absolute atomic E-state index is 9.43. The van der Waals surface area contributed by atoms with Gasteiger partial charge in [0.2, 0.25) is 0 Å². The van der Waals surface area contributed by atoms with Gasteiger partial charge in [-0.3, -0.25) is 0 Å². The molecule has 0 aliphatic rings. The van der Waals surface area contributed by atoms with E-state index in [1.807, 2.05) is 66.7 Å². The van der Waals surface area contributed by atoms with E-state index in [0.29, 0.717) is 27.8 Å². The molecule has 1 aromatic heterocycles. The molecule has 0 bridgehead atoms. The average Bonchev–Trinajstić information content (AvgIpc) is 3.64. The first-order chi connectivity index (χ1) is 28.0. The summed E-state index contributed by atoms with van der Waals surface area (Å²) in [6, 6.07) is 38.0. The molecule has 0 fully saturated rings. The van der Waals surface area contributed by atoms with Crippen molar-refractivity contribution in [1.29, 1.82) is 0 Å². The second-order valence-electron chi connectivity index (χ2n) is 12.1. The summed E-state index contributed by atoms with van der Waals surface area (Å²) in [6.45, 7) is 0. The quantitative estimate of drug-likeness (QED) is 0.176. The number of rotatable bonds is 4. The van der Waals surface area contributed by atoms with Crippen molar-refractivity contribution >= 4 is 54.3 Å². The average molecular weight is 632 g/mol. The first-order valence-electron chi connectivity index (χ1n) is 20.6. The third-order valence-corrected chi connectivity index (χ3v) is 9.48. The largest absolute Gasteiger partial charge is 0.455 e. The molecule has 0 atom stereocenters. The number of benzene rings is 9. The van der Waals surface area contributed by atoms with Crippen molar-refractivity contribution in [3.8, 4) is 44.5 Å². The van der Waals surface area contributed by atoms with Crippen LogP contribution in [0.5, 0.6) is 0 Å². The molecule has 228 valence electrons. The third-order valence-electron chi connectivity index (χ3n) is 9.48. The molecule has 0 saturated heterocycles. The van der Waals surface area contributed by atoms with Gasteiger partial charge in [-0.1, -0.05) is 164 Å². The second-order valence-corrected chi connectivity index (χ2v) is 12.1. The molecule has 0 aliphatic heterocycles. The smallest absolute Gasteiger partial charge is 0.143 e. The summed E-state index contributed by atoms with van der Waals surface area (Å²) >= 11 is 0.